The highest BCUT2D eigenvalue weighted by atomic mass is 32.2. The Morgan fingerprint density at radius 2 is 1.90 bits per heavy atom. The summed E-state index contributed by atoms with van der Waals surface area (Å²) >= 11 is 1.25. The minimum atomic E-state index is -3.64. The van der Waals surface area contributed by atoms with Crippen LogP contribution in [0.2, 0.25) is 0 Å². The van der Waals surface area contributed by atoms with Crippen LogP contribution in [0.3, 0.4) is 0 Å². The first-order valence-corrected chi connectivity index (χ1v) is 12.0. The molecule has 1 aliphatic heterocycles. The van der Waals surface area contributed by atoms with Gasteiger partial charge in [-0.3, -0.25) is 4.79 Å². The van der Waals surface area contributed by atoms with E-state index in [1.807, 2.05) is 27.9 Å². The van der Waals surface area contributed by atoms with Gasteiger partial charge in [-0.2, -0.15) is 4.31 Å². The third kappa shape index (κ3) is 4.88. The Kier molecular flexibility index (Phi) is 6.78. The van der Waals surface area contributed by atoms with Gasteiger partial charge in [-0.05, 0) is 58.5 Å². The number of thiophene rings is 1. The Morgan fingerprint density at radius 1 is 1.21 bits per heavy atom. The second-order valence-electron chi connectivity index (χ2n) is 7.77. The van der Waals surface area contributed by atoms with Crippen LogP contribution in [-0.4, -0.2) is 56.8 Å². The zero-order valence-electron chi connectivity index (χ0n) is 17.4. The van der Waals surface area contributed by atoms with Crippen LogP contribution in [0.5, 0.6) is 0 Å². The molecule has 0 saturated carbocycles. The zero-order chi connectivity index (χ0) is 21.2. The van der Waals surface area contributed by atoms with Crippen molar-refractivity contribution < 1.29 is 13.2 Å². The molecule has 1 fully saturated rings. The predicted molar refractivity (Wildman–Crippen MR) is 117 cm³/mol. The molecule has 1 aliphatic rings. The van der Waals surface area contributed by atoms with Crippen molar-refractivity contribution in [1.29, 1.82) is 0 Å². The molecule has 3 rings (SSSR count). The molecule has 2 heterocycles. The lowest BCUT2D eigenvalue weighted by atomic mass is 10.0. The number of carbonyl (C=O) groups is 1. The molecular weight excluding hydrogens is 406 g/mol. The number of nitrogens with one attached hydrogen (secondary N) is 1. The molecule has 6 nitrogen and oxygen atoms in total. The number of carbonyl (C=O) groups excluding carboxylic acids is 1. The Morgan fingerprint density at radius 3 is 2.48 bits per heavy atom. The maximum absolute atomic E-state index is 13.0. The minimum Gasteiger partial charge on any atom is -0.353 e. The van der Waals surface area contributed by atoms with Gasteiger partial charge in [-0.15, -0.1) is 11.3 Å². The van der Waals surface area contributed by atoms with E-state index >= 15 is 0 Å². The van der Waals surface area contributed by atoms with Gasteiger partial charge < -0.3 is 10.2 Å². The van der Waals surface area contributed by atoms with Gasteiger partial charge >= 0.3 is 0 Å². The fourth-order valence-electron chi connectivity index (χ4n) is 3.66. The van der Waals surface area contributed by atoms with Crippen LogP contribution in [0.1, 0.15) is 34.9 Å². The van der Waals surface area contributed by atoms with Crippen molar-refractivity contribution >= 4 is 27.3 Å². The van der Waals surface area contributed by atoms with E-state index in [2.05, 4.69) is 34.5 Å². The zero-order valence-corrected chi connectivity index (χ0v) is 19.0. The highest BCUT2D eigenvalue weighted by molar-refractivity contribution is 7.91. The fraction of sp³-hybridized carbons (Fsp3) is 0.476. The van der Waals surface area contributed by atoms with Crippen LogP contribution < -0.4 is 5.32 Å². The molecule has 29 heavy (non-hydrogen) atoms. The van der Waals surface area contributed by atoms with Crippen LogP contribution in [-0.2, 0) is 14.8 Å². The molecule has 2 unspecified atom stereocenters. The van der Waals surface area contributed by atoms with Crippen molar-refractivity contribution in [3.8, 4) is 0 Å². The first-order valence-electron chi connectivity index (χ1n) is 9.79. The van der Waals surface area contributed by atoms with Crippen LogP contribution in [0, 0.1) is 13.8 Å². The lowest BCUT2D eigenvalue weighted by Crippen LogP contribution is -2.47. The Hall–Kier alpha value is -1.74. The second-order valence-corrected chi connectivity index (χ2v) is 11.2. The number of likely N-dealkylation sites (N-methyl/N-ethyl adjacent to an activating group) is 1. The maximum Gasteiger partial charge on any atom is 0.253 e. The molecule has 2 aromatic rings. The first kappa shape index (κ1) is 22.0. The summed E-state index contributed by atoms with van der Waals surface area (Å²) in [6, 6.07) is 11.0. The molecule has 2 atom stereocenters. The van der Waals surface area contributed by atoms with Crippen molar-refractivity contribution in [1.82, 2.24) is 14.5 Å². The lowest BCUT2D eigenvalue weighted by Gasteiger charge is -2.27. The Bertz CT molecular complexity index is 952. The summed E-state index contributed by atoms with van der Waals surface area (Å²) in [5, 5.41) is 2.99. The standard InChI is InChI=1S/C21H29N3O3S2/c1-15-7-10-17(11-8-15)19(23(3)4)14-22-21(25)18-6-5-13-24(18)29(26,27)20-12-9-16(2)28-20/h7-12,18-19H,5-6,13-14H2,1-4H3,(H,22,25). The number of sulfonamides is 1. The summed E-state index contributed by atoms with van der Waals surface area (Å²) in [6.45, 7) is 4.73. The van der Waals surface area contributed by atoms with E-state index in [1.165, 1.54) is 21.2 Å². The van der Waals surface area contributed by atoms with Crippen LogP contribution in [0.4, 0.5) is 0 Å². The number of hydrogen-bond donors (Lipinski definition) is 1. The van der Waals surface area contributed by atoms with E-state index in [0.29, 0.717) is 30.1 Å². The molecule has 0 spiro atoms. The van der Waals surface area contributed by atoms with E-state index in [-0.39, 0.29) is 11.9 Å². The molecule has 0 aliphatic carbocycles. The minimum absolute atomic E-state index is 0.0194. The van der Waals surface area contributed by atoms with E-state index in [0.717, 1.165) is 10.4 Å². The van der Waals surface area contributed by atoms with E-state index in [1.54, 1.807) is 12.1 Å². The number of rotatable bonds is 7. The molecule has 8 heteroatoms. The van der Waals surface area contributed by atoms with Gasteiger partial charge in [0.15, 0.2) is 0 Å². The summed E-state index contributed by atoms with van der Waals surface area (Å²) in [6.07, 6.45) is 1.24. The number of nitrogens with zero attached hydrogens (tertiary/aromatic N) is 2. The van der Waals surface area contributed by atoms with Crippen LogP contribution in [0.25, 0.3) is 0 Å². The van der Waals surface area contributed by atoms with Crippen molar-refractivity contribution in [3.63, 3.8) is 0 Å². The summed E-state index contributed by atoms with van der Waals surface area (Å²) in [7, 11) is 0.305. The summed E-state index contributed by atoms with van der Waals surface area (Å²) < 4.78 is 27.7. The van der Waals surface area contributed by atoms with E-state index in [4.69, 9.17) is 0 Å². The largest absolute Gasteiger partial charge is 0.353 e. The van der Waals surface area contributed by atoms with Gasteiger partial charge in [-0.1, -0.05) is 29.8 Å². The monoisotopic (exact) mass is 435 g/mol. The Labute approximate surface area is 177 Å². The number of amides is 1. The van der Waals surface area contributed by atoms with E-state index < -0.39 is 16.1 Å². The van der Waals surface area contributed by atoms with Gasteiger partial charge in [0, 0.05) is 18.0 Å². The highest BCUT2D eigenvalue weighted by Crippen LogP contribution is 2.30. The molecule has 0 radical (unpaired) electrons. The molecule has 1 N–H and O–H groups in total. The van der Waals surface area contributed by atoms with E-state index in [9.17, 15) is 13.2 Å². The van der Waals surface area contributed by atoms with Gasteiger partial charge in [-0.25, -0.2) is 8.42 Å². The quantitative estimate of drug-likeness (QED) is 0.726. The van der Waals surface area contributed by atoms with Crippen molar-refractivity contribution in [2.45, 2.75) is 43.0 Å². The molecule has 1 aromatic carbocycles. The van der Waals surface area contributed by atoms with Crippen LogP contribution >= 0.6 is 11.3 Å². The van der Waals surface area contributed by atoms with Crippen molar-refractivity contribution in [3.05, 3.63) is 52.4 Å². The molecular formula is C21H29N3O3S2. The van der Waals surface area contributed by atoms with Crippen molar-refractivity contribution in [2.24, 2.45) is 0 Å². The third-order valence-electron chi connectivity index (χ3n) is 5.34. The van der Waals surface area contributed by atoms with Gasteiger partial charge in [0.25, 0.3) is 10.0 Å². The fourth-order valence-corrected chi connectivity index (χ4v) is 6.73. The number of hydrogen-bond acceptors (Lipinski definition) is 5. The summed E-state index contributed by atoms with van der Waals surface area (Å²) in [5.74, 6) is -0.224. The normalized spacial score (nSPS) is 18.9. The summed E-state index contributed by atoms with van der Waals surface area (Å²) in [4.78, 5) is 15.9. The lowest BCUT2D eigenvalue weighted by molar-refractivity contribution is -0.124. The molecule has 158 valence electrons. The highest BCUT2D eigenvalue weighted by Gasteiger charge is 2.40. The maximum atomic E-state index is 13.0. The average molecular weight is 436 g/mol. The molecule has 1 saturated heterocycles. The van der Waals surface area contributed by atoms with Gasteiger partial charge in [0.05, 0.1) is 6.04 Å². The first-order chi connectivity index (χ1) is 13.7. The third-order valence-corrected chi connectivity index (χ3v) is 8.72. The topological polar surface area (TPSA) is 69.7 Å². The van der Waals surface area contributed by atoms with Gasteiger partial charge in [0.2, 0.25) is 5.91 Å². The molecule has 0 bridgehead atoms. The molecule has 1 amide bonds. The SMILES string of the molecule is Cc1ccc(C(CNC(=O)C2CCCN2S(=O)(=O)c2ccc(C)s2)N(C)C)cc1. The second kappa shape index (κ2) is 8.95. The smallest absolute Gasteiger partial charge is 0.253 e. The molecule has 1 aromatic heterocycles. The van der Waals surface area contributed by atoms with Gasteiger partial charge in [0.1, 0.15) is 10.3 Å². The number of benzene rings is 1. The summed E-state index contributed by atoms with van der Waals surface area (Å²) in [5.41, 5.74) is 2.30. The Balaban J connectivity index is 1.71. The average Bonchev–Trinajstić information content (AvgIpc) is 3.32. The predicted octanol–water partition coefficient (Wildman–Crippen LogP) is 2.94. The van der Waals surface area contributed by atoms with Crippen LogP contribution in [0.15, 0.2) is 40.6 Å². The number of aryl methyl sites for hydroxylation is 2. The van der Waals surface area contributed by atoms with Crippen molar-refractivity contribution in [2.75, 3.05) is 27.2 Å².